The summed E-state index contributed by atoms with van der Waals surface area (Å²) in [6.45, 7) is 0.540. The van der Waals surface area contributed by atoms with E-state index in [1.165, 1.54) is 6.42 Å². The molecule has 1 rings (SSSR count). The van der Waals surface area contributed by atoms with E-state index in [1.54, 1.807) is 6.26 Å². The van der Waals surface area contributed by atoms with Crippen molar-refractivity contribution in [3.8, 4) is 12.3 Å². The van der Waals surface area contributed by atoms with Crippen molar-refractivity contribution in [3.05, 3.63) is 0 Å². The molecular formula is C10H14N2O. The van der Waals surface area contributed by atoms with E-state index in [2.05, 4.69) is 6.07 Å². The van der Waals surface area contributed by atoms with E-state index in [-0.39, 0.29) is 0 Å². The van der Waals surface area contributed by atoms with E-state index >= 15 is 0 Å². The van der Waals surface area contributed by atoms with Gasteiger partial charge in [-0.2, -0.15) is 10.5 Å². The van der Waals surface area contributed by atoms with Crippen molar-refractivity contribution in [1.29, 1.82) is 10.5 Å². The molecule has 2 unspecified atom stereocenters. The van der Waals surface area contributed by atoms with Crippen LogP contribution in [0.3, 0.4) is 0 Å². The zero-order valence-electron chi connectivity index (χ0n) is 7.70. The first-order chi connectivity index (χ1) is 6.36. The van der Waals surface area contributed by atoms with Crippen molar-refractivity contribution in [2.24, 2.45) is 11.8 Å². The molecule has 0 N–H and O–H groups in total. The molecule has 1 saturated carbocycles. The summed E-state index contributed by atoms with van der Waals surface area (Å²) in [6.07, 6.45) is 6.88. The fraction of sp³-hybridized carbons (Fsp3) is 0.800. The minimum Gasteiger partial charge on any atom is -0.427 e. The molecule has 0 bridgehead atoms. The van der Waals surface area contributed by atoms with Gasteiger partial charge < -0.3 is 4.74 Å². The normalized spacial score (nSPS) is 27.2. The second kappa shape index (κ2) is 5.43. The van der Waals surface area contributed by atoms with Gasteiger partial charge in [0.15, 0.2) is 0 Å². The Labute approximate surface area is 78.9 Å². The fourth-order valence-corrected chi connectivity index (χ4v) is 2.02. The molecule has 0 aromatic rings. The zero-order valence-corrected chi connectivity index (χ0v) is 7.70. The van der Waals surface area contributed by atoms with Gasteiger partial charge in [-0.3, -0.25) is 0 Å². The van der Waals surface area contributed by atoms with Gasteiger partial charge in [-0.05, 0) is 31.1 Å². The summed E-state index contributed by atoms with van der Waals surface area (Å²) in [5, 5.41) is 16.8. The third-order valence-corrected chi connectivity index (χ3v) is 2.65. The van der Waals surface area contributed by atoms with Gasteiger partial charge in [-0.1, -0.05) is 6.42 Å². The Kier molecular flexibility index (Phi) is 4.12. The van der Waals surface area contributed by atoms with E-state index in [9.17, 15) is 0 Å². The second-order valence-corrected chi connectivity index (χ2v) is 3.66. The number of ether oxygens (including phenoxy) is 1. The van der Waals surface area contributed by atoms with Crippen LogP contribution < -0.4 is 0 Å². The maximum atomic E-state index is 8.55. The van der Waals surface area contributed by atoms with Crippen molar-refractivity contribution in [1.82, 2.24) is 0 Å². The Morgan fingerprint density at radius 3 is 2.69 bits per heavy atom. The third kappa shape index (κ3) is 3.34. The maximum Gasteiger partial charge on any atom is 0.286 e. The number of nitriles is 2. The highest BCUT2D eigenvalue weighted by Crippen LogP contribution is 2.30. The van der Waals surface area contributed by atoms with E-state index in [4.69, 9.17) is 15.3 Å². The van der Waals surface area contributed by atoms with E-state index in [0.29, 0.717) is 24.9 Å². The van der Waals surface area contributed by atoms with Crippen molar-refractivity contribution in [2.45, 2.75) is 32.1 Å². The molecule has 0 amide bonds. The predicted octanol–water partition coefficient (Wildman–Crippen LogP) is 2.20. The lowest BCUT2D eigenvalue weighted by Crippen LogP contribution is -2.18. The Balaban J connectivity index is 2.26. The van der Waals surface area contributed by atoms with Gasteiger partial charge >= 0.3 is 0 Å². The summed E-state index contributed by atoms with van der Waals surface area (Å²) in [7, 11) is 0. The zero-order chi connectivity index (χ0) is 9.52. The minimum absolute atomic E-state index is 0.492. The lowest BCUT2D eigenvalue weighted by molar-refractivity contribution is 0.154. The Bertz CT molecular complexity index is 226. The van der Waals surface area contributed by atoms with Crippen molar-refractivity contribution in [2.75, 3.05) is 6.61 Å². The first kappa shape index (κ1) is 9.86. The molecule has 0 spiro atoms. The van der Waals surface area contributed by atoms with Gasteiger partial charge in [-0.15, -0.1) is 0 Å². The number of rotatable bonds is 3. The molecule has 3 nitrogen and oxygen atoms in total. The molecule has 1 aliphatic rings. The number of hydrogen-bond acceptors (Lipinski definition) is 3. The smallest absolute Gasteiger partial charge is 0.286 e. The van der Waals surface area contributed by atoms with Crippen LogP contribution in [0.1, 0.15) is 32.1 Å². The van der Waals surface area contributed by atoms with Crippen LogP contribution in [-0.4, -0.2) is 6.61 Å². The summed E-state index contributed by atoms with van der Waals surface area (Å²) >= 11 is 0. The van der Waals surface area contributed by atoms with Gasteiger partial charge in [0.1, 0.15) is 6.61 Å². The lowest BCUT2D eigenvalue weighted by Gasteiger charge is -2.26. The van der Waals surface area contributed by atoms with Crippen LogP contribution >= 0.6 is 0 Å². The Morgan fingerprint density at radius 1 is 1.23 bits per heavy atom. The molecule has 70 valence electrons. The van der Waals surface area contributed by atoms with E-state index in [1.807, 2.05) is 0 Å². The largest absolute Gasteiger partial charge is 0.427 e. The van der Waals surface area contributed by atoms with E-state index in [0.717, 1.165) is 19.3 Å². The van der Waals surface area contributed by atoms with Gasteiger partial charge in [-0.25, -0.2) is 0 Å². The second-order valence-electron chi connectivity index (χ2n) is 3.66. The standard InChI is InChI=1S/C10H14N2O/c11-5-4-9-2-1-3-10(6-9)7-13-8-12/h9-10H,1-4,6-7H2. The molecule has 1 aliphatic carbocycles. The van der Waals surface area contributed by atoms with Crippen LogP contribution in [0.15, 0.2) is 0 Å². The highest BCUT2D eigenvalue weighted by molar-refractivity contribution is 4.81. The molecule has 0 saturated heterocycles. The van der Waals surface area contributed by atoms with Crippen molar-refractivity contribution in [3.63, 3.8) is 0 Å². The summed E-state index contributed by atoms with van der Waals surface area (Å²) in [5.41, 5.74) is 0. The first-order valence-electron chi connectivity index (χ1n) is 4.74. The average Bonchev–Trinajstić information content (AvgIpc) is 2.16. The van der Waals surface area contributed by atoms with Gasteiger partial charge in [0.2, 0.25) is 0 Å². The van der Waals surface area contributed by atoms with Crippen LogP contribution in [0.4, 0.5) is 0 Å². The summed E-state index contributed by atoms with van der Waals surface area (Å²) in [5.74, 6) is 1.03. The van der Waals surface area contributed by atoms with Crippen LogP contribution in [0.2, 0.25) is 0 Å². The molecule has 1 fully saturated rings. The quantitative estimate of drug-likeness (QED) is 0.622. The van der Waals surface area contributed by atoms with E-state index < -0.39 is 0 Å². The van der Waals surface area contributed by atoms with Crippen LogP contribution in [0.25, 0.3) is 0 Å². The molecule has 0 aromatic carbocycles. The number of nitrogens with zero attached hydrogens (tertiary/aromatic N) is 2. The lowest BCUT2D eigenvalue weighted by atomic mass is 9.80. The first-order valence-corrected chi connectivity index (χ1v) is 4.74. The molecule has 0 heterocycles. The predicted molar refractivity (Wildman–Crippen MR) is 47.2 cm³/mol. The highest BCUT2D eigenvalue weighted by Gasteiger charge is 2.21. The van der Waals surface area contributed by atoms with Crippen molar-refractivity contribution >= 4 is 0 Å². The van der Waals surface area contributed by atoms with Crippen LogP contribution in [0.5, 0.6) is 0 Å². The molecular weight excluding hydrogens is 164 g/mol. The SMILES string of the molecule is N#CCC1CCCC(COC#N)C1. The van der Waals surface area contributed by atoms with Crippen LogP contribution in [-0.2, 0) is 4.74 Å². The Hall–Kier alpha value is -1.22. The molecule has 0 radical (unpaired) electrons. The van der Waals surface area contributed by atoms with Crippen LogP contribution in [0, 0.1) is 34.7 Å². The highest BCUT2D eigenvalue weighted by atomic mass is 16.5. The molecule has 13 heavy (non-hydrogen) atoms. The molecule has 2 atom stereocenters. The monoisotopic (exact) mass is 178 g/mol. The van der Waals surface area contributed by atoms with Gasteiger partial charge in [0.25, 0.3) is 6.26 Å². The topological polar surface area (TPSA) is 56.8 Å². The summed E-state index contributed by atoms with van der Waals surface area (Å²) in [4.78, 5) is 0. The van der Waals surface area contributed by atoms with Gasteiger partial charge in [0, 0.05) is 6.42 Å². The maximum absolute atomic E-state index is 8.55. The minimum atomic E-state index is 0.492. The summed E-state index contributed by atoms with van der Waals surface area (Å²) in [6, 6.07) is 2.21. The number of hydrogen-bond donors (Lipinski definition) is 0. The van der Waals surface area contributed by atoms with Gasteiger partial charge in [0.05, 0.1) is 6.07 Å². The fourth-order valence-electron chi connectivity index (χ4n) is 2.02. The Morgan fingerprint density at radius 2 is 2.00 bits per heavy atom. The third-order valence-electron chi connectivity index (χ3n) is 2.65. The molecule has 3 heteroatoms. The molecule has 0 aromatic heterocycles. The average molecular weight is 178 g/mol. The van der Waals surface area contributed by atoms with Crippen molar-refractivity contribution < 1.29 is 4.74 Å². The summed E-state index contributed by atoms with van der Waals surface area (Å²) < 4.78 is 4.72. The molecule has 0 aliphatic heterocycles.